The molecule has 2 heterocycles. The van der Waals surface area contributed by atoms with Crippen LogP contribution in [-0.2, 0) is 0 Å². The van der Waals surface area contributed by atoms with Gasteiger partial charge in [0.25, 0.3) is 5.56 Å². The van der Waals surface area contributed by atoms with Crippen molar-refractivity contribution in [2.75, 3.05) is 0 Å². The molecule has 0 radical (unpaired) electrons. The van der Waals surface area contributed by atoms with Crippen LogP contribution in [-0.4, -0.2) is 9.97 Å². The summed E-state index contributed by atoms with van der Waals surface area (Å²) in [6.45, 7) is 0. The van der Waals surface area contributed by atoms with Crippen molar-refractivity contribution in [1.29, 1.82) is 0 Å². The maximum absolute atomic E-state index is 13.6. The van der Waals surface area contributed by atoms with Crippen molar-refractivity contribution in [2.45, 2.75) is 0 Å². The fourth-order valence-corrected chi connectivity index (χ4v) is 4.74. The van der Waals surface area contributed by atoms with E-state index in [0.29, 0.717) is 16.3 Å². The van der Waals surface area contributed by atoms with E-state index in [1.54, 1.807) is 0 Å². The van der Waals surface area contributed by atoms with Crippen LogP contribution in [0.25, 0.3) is 55.3 Å². The Labute approximate surface area is 201 Å². The lowest BCUT2D eigenvalue weighted by Gasteiger charge is -2.15. The third kappa shape index (κ3) is 3.47. The number of halogens is 1. The van der Waals surface area contributed by atoms with Crippen LogP contribution < -0.4 is 5.56 Å². The normalized spacial score (nSPS) is 11.2. The van der Waals surface area contributed by atoms with Gasteiger partial charge in [0.1, 0.15) is 0 Å². The highest BCUT2D eigenvalue weighted by atomic mass is 35.5. The van der Waals surface area contributed by atoms with Gasteiger partial charge in [0.05, 0.1) is 16.8 Å². The van der Waals surface area contributed by atoms with Crippen LogP contribution >= 0.6 is 11.6 Å². The van der Waals surface area contributed by atoms with Gasteiger partial charge < -0.3 is 4.98 Å². The van der Waals surface area contributed by atoms with E-state index in [1.807, 2.05) is 97.1 Å². The molecule has 0 aliphatic rings. The Hall–Kier alpha value is -4.21. The number of pyridine rings is 2. The standard InChI is InChI=1S/C30H19ClN2O/c31-21-15-16-22-24(19-9-3-1-4-10-19)18-27(32-26(22)17-21)29-28(20-11-5-2-6-12-20)23-13-7-8-14-25(23)33-30(29)34/h1-18H,(H,33,34). The Bertz CT molecular complexity index is 1720. The maximum Gasteiger partial charge on any atom is 0.258 e. The molecule has 0 atom stereocenters. The molecule has 0 fully saturated rings. The summed E-state index contributed by atoms with van der Waals surface area (Å²) < 4.78 is 0. The van der Waals surface area contributed by atoms with Crippen molar-refractivity contribution in [3.63, 3.8) is 0 Å². The number of H-pyrrole nitrogens is 1. The highest BCUT2D eigenvalue weighted by Crippen LogP contribution is 2.38. The number of rotatable bonds is 3. The van der Waals surface area contributed by atoms with E-state index < -0.39 is 0 Å². The zero-order chi connectivity index (χ0) is 23.1. The number of aromatic nitrogens is 2. The second-order valence-electron chi connectivity index (χ2n) is 8.20. The number of para-hydroxylation sites is 1. The molecule has 4 heteroatoms. The second kappa shape index (κ2) is 8.29. The summed E-state index contributed by atoms with van der Waals surface area (Å²) in [5.74, 6) is 0. The lowest BCUT2D eigenvalue weighted by molar-refractivity contribution is 1.28. The number of hydrogen-bond donors (Lipinski definition) is 1. The smallest absolute Gasteiger partial charge is 0.258 e. The lowest BCUT2D eigenvalue weighted by atomic mass is 9.92. The number of nitrogens with zero attached hydrogens (tertiary/aromatic N) is 1. The highest BCUT2D eigenvalue weighted by molar-refractivity contribution is 6.31. The molecule has 0 aliphatic carbocycles. The third-order valence-electron chi connectivity index (χ3n) is 6.10. The fourth-order valence-electron chi connectivity index (χ4n) is 4.58. The van der Waals surface area contributed by atoms with E-state index in [1.165, 1.54) is 0 Å². The minimum Gasteiger partial charge on any atom is -0.321 e. The fraction of sp³-hybridized carbons (Fsp3) is 0. The van der Waals surface area contributed by atoms with Crippen LogP contribution in [0.4, 0.5) is 0 Å². The molecular weight excluding hydrogens is 440 g/mol. The molecule has 2 aromatic heterocycles. The number of aromatic amines is 1. The van der Waals surface area contributed by atoms with E-state index >= 15 is 0 Å². The lowest BCUT2D eigenvalue weighted by Crippen LogP contribution is -2.12. The second-order valence-corrected chi connectivity index (χ2v) is 8.63. The molecule has 34 heavy (non-hydrogen) atoms. The van der Waals surface area contributed by atoms with Gasteiger partial charge in [0.15, 0.2) is 0 Å². The van der Waals surface area contributed by atoms with Crippen LogP contribution in [0.2, 0.25) is 5.02 Å². The number of benzene rings is 4. The average Bonchev–Trinajstić information content (AvgIpc) is 2.88. The van der Waals surface area contributed by atoms with Crippen LogP contribution in [0, 0.1) is 0 Å². The highest BCUT2D eigenvalue weighted by Gasteiger charge is 2.19. The van der Waals surface area contributed by atoms with Crippen LogP contribution in [0.3, 0.4) is 0 Å². The molecular formula is C30H19ClN2O. The summed E-state index contributed by atoms with van der Waals surface area (Å²) >= 11 is 6.34. The SMILES string of the molecule is O=c1[nH]c2ccccc2c(-c2ccccc2)c1-c1cc(-c2ccccc2)c2ccc(Cl)cc2n1. The van der Waals surface area contributed by atoms with Crippen molar-refractivity contribution >= 4 is 33.4 Å². The summed E-state index contributed by atoms with van der Waals surface area (Å²) in [5.41, 5.74) is 6.41. The number of nitrogens with one attached hydrogen (secondary N) is 1. The largest absolute Gasteiger partial charge is 0.321 e. The Morgan fingerprint density at radius 2 is 1.32 bits per heavy atom. The quantitative estimate of drug-likeness (QED) is 0.295. The summed E-state index contributed by atoms with van der Waals surface area (Å²) in [5, 5.41) is 2.56. The Balaban J connectivity index is 1.75. The zero-order valence-corrected chi connectivity index (χ0v) is 18.9. The van der Waals surface area contributed by atoms with Crippen molar-refractivity contribution in [2.24, 2.45) is 0 Å². The molecule has 0 aliphatic heterocycles. The minimum absolute atomic E-state index is 0.176. The molecule has 162 valence electrons. The van der Waals surface area contributed by atoms with Gasteiger partial charge in [-0.3, -0.25) is 4.79 Å². The molecule has 3 nitrogen and oxygen atoms in total. The molecule has 0 saturated carbocycles. The van der Waals surface area contributed by atoms with Gasteiger partial charge in [-0.15, -0.1) is 0 Å². The average molecular weight is 459 g/mol. The molecule has 0 spiro atoms. The molecule has 0 saturated heterocycles. The summed E-state index contributed by atoms with van der Waals surface area (Å²) in [4.78, 5) is 21.6. The molecule has 1 N–H and O–H groups in total. The van der Waals surface area contributed by atoms with E-state index in [0.717, 1.165) is 44.1 Å². The minimum atomic E-state index is -0.176. The van der Waals surface area contributed by atoms with Crippen molar-refractivity contribution in [3.8, 4) is 33.5 Å². The topological polar surface area (TPSA) is 45.8 Å². The third-order valence-corrected chi connectivity index (χ3v) is 6.33. The van der Waals surface area contributed by atoms with Crippen LogP contribution in [0.1, 0.15) is 0 Å². The monoisotopic (exact) mass is 458 g/mol. The van der Waals surface area contributed by atoms with Gasteiger partial charge in [0, 0.05) is 26.9 Å². The van der Waals surface area contributed by atoms with Crippen LogP contribution in [0.5, 0.6) is 0 Å². The first-order chi connectivity index (χ1) is 16.7. The van der Waals surface area contributed by atoms with Crippen molar-refractivity contribution in [3.05, 3.63) is 125 Å². The van der Waals surface area contributed by atoms with Gasteiger partial charge >= 0.3 is 0 Å². The number of fused-ring (bicyclic) bond motifs is 2. The zero-order valence-electron chi connectivity index (χ0n) is 18.1. The summed E-state index contributed by atoms with van der Waals surface area (Å²) in [7, 11) is 0. The Morgan fingerprint density at radius 1 is 0.647 bits per heavy atom. The maximum atomic E-state index is 13.6. The van der Waals surface area contributed by atoms with E-state index in [9.17, 15) is 4.79 Å². The van der Waals surface area contributed by atoms with Gasteiger partial charge in [-0.2, -0.15) is 0 Å². The molecule has 6 rings (SSSR count). The van der Waals surface area contributed by atoms with Gasteiger partial charge in [-0.25, -0.2) is 4.98 Å². The molecule has 0 unspecified atom stereocenters. The summed E-state index contributed by atoms with van der Waals surface area (Å²) in [6, 6.07) is 35.7. The first kappa shape index (κ1) is 20.4. The van der Waals surface area contributed by atoms with Crippen molar-refractivity contribution < 1.29 is 0 Å². The Morgan fingerprint density at radius 3 is 2.09 bits per heavy atom. The van der Waals surface area contributed by atoms with E-state index in [-0.39, 0.29) is 5.56 Å². The molecule has 0 bridgehead atoms. The van der Waals surface area contributed by atoms with E-state index in [2.05, 4.69) is 17.1 Å². The van der Waals surface area contributed by atoms with Gasteiger partial charge in [-0.1, -0.05) is 96.5 Å². The van der Waals surface area contributed by atoms with Crippen molar-refractivity contribution in [1.82, 2.24) is 9.97 Å². The first-order valence-electron chi connectivity index (χ1n) is 11.1. The summed E-state index contributed by atoms with van der Waals surface area (Å²) in [6.07, 6.45) is 0. The first-order valence-corrected chi connectivity index (χ1v) is 11.4. The van der Waals surface area contributed by atoms with Crippen LogP contribution in [0.15, 0.2) is 114 Å². The van der Waals surface area contributed by atoms with E-state index in [4.69, 9.17) is 16.6 Å². The molecule has 4 aromatic carbocycles. The number of hydrogen-bond acceptors (Lipinski definition) is 2. The Kier molecular flexibility index (Phi) is 4.97. The van der Waals surface area contributed by atoms with Gasteiger partial charge in [-0.05, 0) is 41.0 Å². The predicted molar refractivity (Wildman–Crippen MR) is 141 cm³/mol. The predicted octanol–water partition coefficient (Wildman–Crippen LogP) is 7.73. The molecule has 0 amide bonds. The molecule has 6 aromatic rings. The van der Waals surface area contributed by atoms with Gasteiger partial charge in [0.2, 0.25) is 0 Å².